The lowest BCUT2D eigenvalue weighted by Gasteiger charge is -2.03. The van der Waals surface area contributed by atoms with Crippen molar-refractivity contribution in [1.29, 1.82) is 0 Å². The SMILES string of the molecule is C=CCOc1ccc(/C=N\NC(=O)[C@H](C)O)cc1. The monoisotopic (exact) mass is 248 g/mol. The largest absolute Gasteiger partial charge is 0.490 e. The Morgan fingerprint density at radius 1 is 1.56 bits per heavy atom. The van der Waals surface area contributed by atoms with Gasteiger partial charge in [0.2, 0.25) is 0 Å². The van der Waals surface area contributed by atoms with Gasteiger partial charge in [0.15, 0.2) is 0 Å². The van der Waals surface area contributed by atoms with Crippen LogP contribution in [0.4, 0.5) is 0 Å². The average molecular weight is 248 g/mol. The predicted molar refractivity (Wildman–Crippen MR) is 69.6 cm³/mol. The first-order chi connectivity index (χ1) is 8.63. The van der Waals surface area contributed by atoms with Gasteiger partial charge in [0.25, 0.3) is 5.91 Å². The van der Waals surface area contributed by atoms with Crippen LogP contribution in [0.1, 0.15) is 12.5 Å². The lowest BCUT2D eigenvalue weighted by Crippen LogP contribution is -2.28. The summed E-state index contributed by atoms with van der Waals surface area (Å²) in [6, 6.07) is 7.19. The zero-order valence-electron chi connectivity index (χ0n) is 10.2. The van der Waals surface area contributed by atoms with E-state index in [1.165, 1.54) is 13.1 Å². The second-order valence-electron chi connectivity index (χ2n) is 3.58. The maximum atomic E-state index is 11.0. The molecule has 0 unspecified atom stereocenters. The maximum absolute atomic E-state index is 11.0. The topological polar surface area (TPSA) is 70.9 Å². The van der Waals surface area contributed by atoms with E-state index < -0.39 is 12.0 Å². The number of carbonyl (C=O) groups is 1. The fraction of sp³-hybridized carbons (Fsp3) is 0.231. The number of rotatable bonds is 6. The standard InChI is InChI=1S/C13H16N2O3/c1-3-8-18-12-6-4-11(5-7-12)9-14-15-13(17)10(2)16/h3-7,9-10,16H,1,8H2,2H3,(H,15,17)/b14-9-/t10-/m0/s1. The molecule has 18 heavy (non-hydrogen) atoms. The van der Waals surface area contributed by atoms with Crippen molar-refractivity contribution in [3.63, 3.8) is 0 Å². The number of aliphatic hydroxyl groups excluding tert-OH is 1. The number of hydrogen-bond acceptors (Lipinski definition) is 4. The summed E-state index contributed by atoms with van der Waals surface area (Å²) in [6.07, 6.45) is 2.08. The van der Waals surface area contributed by atoms with Crippen LogP contribution in [-0.2, 0) is 4.79 Å². The number of hydrazone groups is 1. The minimum absolute atomic E-state index is 0.456. The van der Waals surface area contributed by atoms with Crippen molar-refractivity contribution >= 4 is 12.1 Å². The van der Waals surface area contributed by atoms with Gasteiger partial charge >= 0.3 is 0 Å². The Bertz CT molecular complexity index is 424. The molecular weight excluding hydrogens is 232 g/mol. The molecule has 0 aliphatic rings. The van der Waals surface area contributed by atoms with Crippen LogP contribution in [0.2, 0.25) is 0 Å². The zero-order valence-corrected chi connectivity index (χ0v) is 10.2. The van der Waals surface area contributed by atoms with Gasteiger partial charge in [-0.15, -0.1) is 0 Å². The van der Waals surface area contributed by atoms with E-state index >= 15 is 0 Å². The Labute approximate surface area is 106 Å². The molecule has 0 heterocycles. The molecule has 5 heteroatoms. The van der Waals surface area contributed by atoms with Gasteiger partial charge in [-0.25, -0.2) is 5.43 Å². The second kappa shape index (κ2) is 7.24. The van der Waals surface area contributed by atoms with E-state index in [0.717, 1.165) is 11.3 Å². The van der Waals surface area contributed by atoms with E-state index in [2.05, 4.69) is 17.1 Å². The number of ether oxygens (including phenoxy) is 1. The molecule has 1 amide bonds. The van der Waals surface area contributed by atoms with Crippen LogP contribution in [0.5, 0.6) is 5.75 Å². The molecule has 1 aromatic rings. The highest BCUT2D eigenvalue weighted by Crippen LogP contribution is 2.10. The van der Waals surface area contributed by atoms with Crippen LogP contribution in [0.25, 0.3) is 0 Å². The molecule has 5 nitrogen and oxygen atoms in total. The summed E-state index contributed by atoms with van der Waals surface area (Å²) in [6.45, 7) is 5.39. The summed E-state index contributed by atoms with van der Waals surface area (Å²) in [5, 5.41) is 12.6. The summed E-state index contributed by atoms with van der Waals surface area (Å²) < 4.78 is 5.32. The Morgan fingerprint density at radius 2 is 2.22 bits per heavy atom. The van der Waals surface area contributed by atoms with E-state index in [1.807, 2.05) is 0 Å². The van der Waals surface area contributed by atoms with Crippen molar-refractivity contribution in [3.05, 3.63) is 42.5 Å². The molecule has 1 aromatic carbocycles. The van der Waals surface area contributed by atoms with Crippen molar-refractivity contribution in [2.24, 2.45) is 5.10 Å². The molecule has 0 saturated heterocycles. The third-order valence-electron chi connectivity index (χ3n) is 2.02. The number of amides is 1. The van der Waals surface area contributed by atoms with Crippen LogP contribution in [0, 0.1) is 0 Å². The van der Waals surface area contributed by atoms with Crippen molar-refractivity contribution in [2.75, 3.05) is 6.61 Å². The third kappa shape index (κ3) is 4.80. The molecule has 96 valence electrons. The van der Waals surface area contributed by atoms with Crippen LogP contribution >= 0.6 is 0 Å². The molecule has 1 atom stereocenters. The van der Waals surface area contributed by atoms with Gasteiger partial charge in [-0.05, 0) is 36.8 Å². The summed E-state index contributed by atoms with van der Waals surface area (Å²) in [4.78, 5) is 11.0. The Kier molecular flexibility index (Phi) is 5.60. The van der Waals surface area contributed by atoms with Gasteiger partial charge in [0.1, 0.15) is 18.5 Å². The minimum atomic E-state index is -1.07. The molecule has 0 radical (unpaired) electrons. The highest BCUT2D eigenvalue weighted by atomic mass is 16.5. The number of carbonyl (C=O) groups excluding carboxylic acids is 1. The molecule has 0 aliphatic heterocycles. The molecular formula is C13H16N2O3. The lowest BCUT2D eigenvalue weighted by atomic mass is 10.2. The molecule has 0 aromatic heterocycles. The Morgan fingerprint density at radius 3 is 2.78 bits per heavy atom. The number of nitrogens with zero attached hydrogens (tertiary/aromatic N) is 1. The number of benzene rings is 1. The summed E-state index contributed by atoms with van der Waals surface area (Å²) in [5.41, 5.74) is 3.03. The van der Waals surface area contributed by atoms with Gasteiger partial charge in [-0.2, -0.15) is 5.10 Å². The molecule has 0 fully saturated rings. The third-order valence-corrected chi connectivity index (χ3v) is 2.02. The first kappa shape index (κ1) is 13.9. The van der Waals surface area contributed by atoms with Gasteiger partial charge in [0.05, 0.1) is 6.21 Å². The Hall–Kier alpha value is -2.14. The number of hydrogen-bond donors (Lipinski definition) is 2. The van der Waals surface area contributed by atoms with Gasteiger partial charge in [-0.1, -0.05) is 12.7 Å². The maximum Gasteiger partial charge on any atom is 0.268 e. The van der Waals surface area contributed by atoms with Crippen molar-refractivity contribution in [2.45, 2.75) is 13.0 Å². The van der Waals surface area contributed by atoms with Gasteiger partial charge in [0, 0.05) is 0 Å². The minimum Gasteiger partial charge on any atom is -0.490 e. The van der Waals surface area contributed by atoms with E-state index in [4.69, 9.17) is 9.84 Å². The van der Waals surface area contributed by atoms with E-state index in [9.17, 15) is 4.79 Å². The summed E-state index contributed by atoms with van der Waals surface area (Å²) >= 11 is 0. The highest BCUT2D eigenvalue weighted by molar-refractivity contribution is 5.84. The molecule has 0 saturated carbocycles. The Balaban J connectivity index is 2.50. The first-order valence-electron chi connectivity index (χ1n) is 5.48. The quantitative estimate of drug-likeness (QED) is 0.449. The fourth-order valence-corrected chi connectivity index (χ4v) is 1.07. The van der Waals surface area contributed by atoms with Crippen LogP contribution < -0.4 is 10.2 Å². The van der Waals surface area contributed by atoms with Crippen LogP contribution in [-0.4, -0.2) is 29.9 Å². The predicted octanol–water partition coefficient (Wildman–Crippen LogP) is 1.08. The van der Waals surface area contributed by atoms with Crippen LogP contribution in [0.3, 0.4) is 0 Å². The van der Waals surface area contributed by atoms with Gasteiger partial charge in [-0.3, -0.25) is 4.79 Å². The molecule has 0 aliphatic carbocycles. The zero-order chi connectivity index (χ0) is 13.4. The molecule has 2 N–H and O–H groups in total. The van der Waals surface area contributed by atoms with Crippen molar-refractivity contribution in [3.8, 4) is 5.75 Å². The van der Waals surface area contributed by atoms with Gasteiger partial charge < -0.3 is 9.84 Å². The van der Waals surface area contributed by atoms with E-state index in [-0.39, 0.29) is 0 Å². The first-order valence-corrected chi connectivity index (χ1v) is 5.48. The number of nitrogens with one attached hydrogen (secondary N) is 1. The van der Waals surface area contributed by atoms with Crippen LogP contribution in [0.15, 0.2) is 42.0 Å². The lowest BCUT2D eigenvalue weighted by molar-refractivity contribution is -0.128. The fourth-order valence-electron chi connectivity index (χ4n) is 1.07. The second-order valence-corrected chi connectivity index (χ2v) is 3.58. The summed E-state index contributed by atoms with van der Waals surface area (Å²) in [7, 11) is 0. The summed E-state index contributed by atoms with van der Waals surface area (Å²) in [5.74, 6) is 0.192. The smallest absolute Gasteiger partial charge is 0.268 e. The normalized spacial score (nSPS) is 12.1. The average Bonchev–Trinajstić information content (AvgIpc) is 2.37. The van der Waals surface area contributed by atoms with Crippen molar-refractivity contribution < 1.29 is 14.6 Å². The molecule has 1 rings (SSSR count). The van der Waals surface area contributed by atoms with Crippen molar-refractivity contribution in [1.82, 2.24) is 5.43 Å². The molecule has 0 spiro atoms. The number of aliphatic hydroxyl groups is 1. The highest BCUT2D eigenvalue weighted by Gasteiger charge is 2.05. The van der Waals surface area contributed by atoms with E-state index in [1.54, 1.807) is 30.3 Å². The van der Waals surface area contributed by atoms with E-state index in [0.29, 0.717) is 6.61 Å². The molecule has 0 bridgehead atoms.